The quantitative estimate of drug-likeness (QED) is 0.158. The summed E-state index contributed by atoms with van der Waals surface area (Å²) in [6.07, 6.45) is -13.1. The van der Waals surface area contributed by atoms with Gasteiger partial charge in [-0.3, -0.25) is 9.59 Å². The van der Waals surface area contributed by atoms with Gasteiger partial charge < -0.3 is 53.8 Å². The highest BCUT2D eigenvalue weighted by molar-refractivity contribution is 5.95. The highest BCUT2D eigenvalue weighted by Crippen LogP contribution is 2.64. The van der Waals surface area contributed by atoms with Crippen molar-refractivity contribution in [2.24, 2.45) is 16.7 Å². The second kappa shape index (κ2) is 16.7. The Bertz CT molecular complexity index is 2120. The third-order valence-corrected chi connectivity index (χ3v) is 12.9. The topological polar surface area (TPSA) is 240 Å². The number of hydrogen-bond acceptors (Lipinski definition) is 16. The zero-order valence-electron chi connectivity index (χ0n) is 36.2. The fourth-order valence-electron chi connectivity index (χ4n) is 9.73. The lowest BCUT2D eigenvalue weighted by atomic mass is 9.44. The van der Waals surface area contributed by atoms with E-state index >= 15 is 4.79 Å². The first kappa shape index (κ1) is 46.2. The number of aliphatic hydroxyl groups is 3. The van der Waals surface area contributed by atoms with Crippen LogP contribution in [-0.2, 0) is 47.5 Å². The van der Waals surface area contributed by atoms with Crippen LogP contribution in [0, 0.1) is 16.7 Å². The van der Waals surface area contributed by atoms with Crippen LogP contribution in [0.1, 0.15) is 90.2 Å². The highest BCUT2D eigenvalue weighted by Gasteiger charge is 2.78. The first-order valence-corrected chi connectivity index (χ1v) is 20.3. The van der Waals surface area contributed by atoms with Gasteiger partial charge in [-0.2, -0.15) is 0 Å². The van der Waals surface area contributed by atoms with Crippen molar-refractivity contribution < 1.29 is 77.2 Å². The van der Waals surface area contributed by atoms with Gasteiger partial charge in [-0.05, 0) is 63.5 Å². The summed E-state index contributed by atoms with van der Waals surface area (Å²) in [6, 6.07) is 14.4. The number of esters is 3. The third kappa shape index (κ3) is 7.95. The van der Waals surface area contributed by atoms with Gasteiger partial charge in [0.1, 0.15) is 29.5 Å². The van der Waals surface area contributed by atoms with Crippen LogP contribution in [0.25, 0.3) is 0 Å². The Labute approximate surface area is 359 Å². The van der Waals surface area contributed by atoms with E-state index in [-0.39, 0.29) is 29.7 Å². The van der Waals surface area contributed by atoms with Crippen molar-refractivity contribution in [1.29, 1.82) is 0 Å². The maximum atomic E-state index is 15.5. The molecule has 4 N–H and O–H groups in total. The van der Waals surface area contributed by atoms with Crippen molar-refractivity contribution in [3.05, 3.63) is 82.9 Å². The van der Waals surface area contributed by atoms with Gasteiger partial charge in [-0.15, -0.1) is 0 Å². The van der Waals surface area contributed by atoms with Gasteiger partial charge in [-0.25, -0.2) is 19.2 Å². The lowest BCUT2D eigenvalue weighted by molar-refractivity contribution is -0.344. The molecule has 1 amide bonds. The molecule has 62 heavy (non-hydrogen) atoms. The number of aliphatic hydroxyl groups excluding tert-OH is 2. The SMILES string of the molecule is COC(=O)O[C@@]12COC1C[C@H](O)[C@@]1(C)C(=O)[C@H](OC(C)=O)C3=C(C)[C@@H](OC(=O)[C@H](O)[C@@H](NC(=O)OC(C)(C)C)c4ccccc4)C[C@@](O)(C(OC(=O)c4ccccc4)C21)C3(C)C. The summed E-state index contributed by atoms with van der Waals surface area (Å²) in [6.45, 7) is 11.5. The number of rotatable bonds is 9. The Morgan fingerprint density at radius 2 is 1.55 bits per heavy atom. The summed E-state index contributed by atoms with van der Waals surface area (Å²) in [4.78, 5) is 83.1. The molecule has 0 aromatic heterocycles. The van der Waals surface area contributed by atoms with Gasteiger partial charge in [0, 0.05) is 25.2 Å². The van der Waals surface area contributed by atoms with Crippen LogP contribution in [0.4, 0.5) is 9.59 Å². The molecule has 1 aliphatic heterocycles. The van der Waals surface area contributed by atoms with Crippen molar-refractivity contribution in [1.82, 2.24) is 5.32 Å². The van der Waals surface area contributed by atoms with Crippen molar-refractivity contribution in [3.63, 3.8) is 0 Å². The van der Waals surface area contributed by atoms with Crippen molar-refractivity contribution in [3.8, 4) is 0 Å². The predicted octanol–water partition coefficient (Wildman–Crippen LogP) is 4.05. The number of Topliss-reactive ketones (excluding diaryl/α,β-unsaturated/α-hetero) is 1. The summed E-state index contributed by atoms with van der Waals surface area (Å²) >= 11 is 0. The number of ketones is 1. The Balaban J connectivity index is 1.54. The first-order valence-electron chi connectivity index (χ1n) is 20.3. The zero-order valence-corrected chi connectivity index (χ0v) is 36.2. The molecule has 11 atom stereocenters. The molecule has 0 radical (unpaired) electrons. The molecule has 17 heteroatoms. The fraction of sp³-hybridized carbons (Fsp3) is 0.556. The van der Waals surface area contributed by atoms with E-state index in [1.807, 2.05) is 0 Å². The van der Waals surface area contributed by atoms with Crippen LogP contribution < -0.4 is 5.32 Å². The molecular weight excluding hydrogens is 810 g/mol. The molecule has 1 saturated heterocycles. The normalized spacial score (nSPS) is 32.1. The largest absolute Gasteiger partial charge is 0.508 e. The zero-order chi connectivity index (χ0) is 45.7. The number of fused-ring (bicyclic) bond motifs is 5. The number of amides is 1. The Kier molecular flexibility index (Phi) is 12.5. The van der Waals surface area contributed by atoms with Gasteiger partial charge >= 0.3 is 30.2 Å². The molecule has 3 aliphatic carbocycles. The minimum Gasteiger partial charge on any atom is -0.456 e. The van der Waals surface area contributed by atoms with Crippen LogP contribution >= 0.6 is 0 Å². The Hall–Kier alpha value is -5.36. The van der Waals surface area contributed by atoms with Gasteiger partial charge in [0.2, 0.25) is 0 Å². The lowest BCUT2D eigenvalue weighted by Crippen LogP contribution is -2.82. The van der Waals surface area contributed by atoms with Crippen molar-refractivity contribution in [2.45, 2.75) is 128 Å². The summed E-state index contributed by atoms with van der Waals surface area (Å²) in [5.74, 6) is -5.69. The maximum Gasteiger partial charge on any atom is 0.508 e. The number of methoxy groups -OCH3 is 1. The van der Waals surface area contributed by atoms with E-state index in [0.717, 1.165) is 14.0 Å². The van der Waals surface area contributed by atoms with Crippen LogP contribution in [0.3, 0.4) is 0 Å². The number of alkyl carbamates (subject to hydrolysis) is 1. The van der Waals surface area contributed by atoms with Crippen molar-refractivity contribution >= 4 is 35.9 Å². The number of carbonyl (C=O) groups excluding carboxylic acids is 6. The van der Waals surface area contributed by atoms with Gasteiger partial charge in [0.15, 0.2) is 23.6 Å². The van der Waals surface area contributed by atoms with E-state index in [1.54, 1.807) is 69.3 Å². The van der Waals surface area contributed by atoms with Crippen LogP contribution in [0.15, 0.2) is 71.8 Å². The molecule has 2 aromatic rings. The average molecular weight is 866 g/mol. The van der Waals surface area contributed by atoms with Crippen molar-refractivity contribution in [2.75, 3.05) is 13.7 Å². The molecule has 0 spiro atoms. The van der Waals surface area contributed by atoms with Crippen LogP contribution in [0.2, 0.25) is 0 Å². The standard InChI is InChI=1S/C45H55NO16/c1-23-27(59-38(52)32(49)31(25-16-12-10-13-17-25)46-39(53)61-41(3,4)5)21-45(55)36(60-37(51)26-18-14-11-15-19-26)34-43(8,35(50)33(58-24(2)47)30(23)42(45,6)7)28(48)20-29-44(34,22-57-29)62-40(54)56-9/h10-19,27-29,31-34,36,48-49,55H,20-22H2,1-9H3,(H,46,53)/t27-,28-,29?,31-,32+,33+,34?,36?,43+,44-,45+/m0/s1. The Morgan fingerprint density at radius 3 is 2.10 bits per heavy atom. The molecule has 6 rings (SSSR count). The molecule has 336 valence electrons. The number of hydrogen-bond donors (Lipinski definition) is 4. The first-order chi connectivity index (χ1) is 28.9. The minimum atomic E-state index is -2.44. The van der Waals surface area contributed by atoms with Gasteiger partial charge in [0.25, 0.3) is 0 Å². The van der Waals surface area contributed by atoms with E-state index in [2.05, 4.69) is 5.32 Å². The molecule has 2 saturated carbocycles. The molecular formula is C45H55NO16. The van der Waals surface area contributed by atoms with Crippen LogP contribution in [0.5, 0.6) is 0 Å². The second-order valence-electron chi connectivity index (χ2n) is 18.1. The second-order valence-corrected chi connectivity index (χ2v) is 18.1. The van der Waals surface area contributed by atoms with E-state index < -0.39 is 119 Å². The molecule has 4 aliphatic rings. The summed E-state index contributed by atoms with van der Waals surface area (Å²) in [5.41, 5.74) is -8.63. The third-order valence-electron chi connectivity index (χ3n) is 12.9. The van der Waals surface area contributed by atoms with E-state index in [9.17, 15) is 39.3 Å². The smallest absolute Gasteiger partial charge is 0.456 e. The summed E-state index contributed by atoms with van der Waals surface area (Å²) in [7, 11) is 1.06. The average Bonchev–Trinajstić information content (AvgIpc) is 3.20. The van der Waals surface area contributed by atoms with Crippen LogP contribution in [-0.4, -0.2) is 118 Å². The maximum absolute atomic E-state index is 15.5. The monoisotopic (exact) mass is 865 g/mol. The molecule has 3 unspecified atom stereocenters. The lowest BCUT2D eigenvalue weighted by Gasteiger charge is -2.67. The Morgan fingerprint density at radius 1 is 0.935 bits per heavy atom. The predicted molar refractivity (Wildman–Crippen MR) is 215 cm³/mol. The van der Waals surface area contributed by atoms with E-state index in [1.165, 1.54) is 39.8 Å². The highest BCUT2D eigenvalue weighted by atomic mass is 16.8. The number of benzene rings is 2. The molecule has 1 heterocycles. The molecule has 2 aromatic carbocycles. The molecule has 17 nitrogen and oxygen atoms in total. The minimum absolute atomic E-state index is 0.0345. The van der Waals surface area contributed by atoms with E-state index in [4.69, 9.17) is 33.2 Å². The summed E-state index contributed by atoms with van der Waals surface area (Å²) in [5, 5.41) is 40.0. The van der Waals surface area contributed by atoms with E-state index in [0.29, 0.717) is 5.56 Å². The van der Waals surface area contributed by atoms with Gasteiger partial charge in [-0.1, -0.05) is 62.4 Å². The number of ether oxygens (including phenoxy) is 7. The fourth-order valence-corrected chi connectivity index (χ4v) is 9.73. The summed E-state index contributed by atoms with van der Waals surface area (Å²) < 4.78 is 40.4. The number of nitrogens with one attached hydrogen (secondary N) is 1. The number of carbonyl (C=O) groups is 6. The van der Waals surface area contributed by atoms with Gasteiger partial charge in [0.05, 0.1) is 42.8 Å². The molecule has 3 fully saturated rings. The molecule has 2 bridgehead atoms.